The molecule has 0 saturated carbocycles. The van der Waals surface area contributed by atoms with Crippen molar-refractivity contribution in [1.82, 2.24) is 0 Å². The zero-order valence-electron chi connectivity index (χ0n) is 11.0. The van der Waals surface area contributed by atoms with E-state index in [9.17, 15) is 4.79 Å². The van der Waals surface area contributed by atoms with Gasteiger partial charge in [0.05, 0.1) is 29.5 Å². The average molecular weight is 248 g/mol. The van der Waals surface area contributed by atoms with Crippen LogP contribution in [0.4, 0.5) is 11.4 Å². The first-order chi connectivity index (χ1) is 8.50. The standard InChI is InChI=1S/C14H20N2O2/c1-8-9(2)18-10(3)13(8)14(17)16-12-7-5-4-6-11(12)15/h4-10,13H,15H2,1-3H3,(H,16,17). The van der Waals surface area contributed by atoms with Gasteiger partial charge >= 0.3 is 0 Å². The maximum atomic E-state index is 12.3. The highest BCUT2D eigenvalue weighted by molar-refractivity contribution is 5.95. The molecule has 0 radical (unpaired) electrons. The molecule has 1 aliphatic heterocycles. The number of nitrogens with one attached hydrogen (secondary N) is 1. The van der Waals surface area contributed by atoms with E-state index in [1.807, 2.05) is 39.0 Å². The summed E-state index contributed by atoms with van der Waals surface area (Å²) >= 11 is 0. The fraction of sp³-hybridized carbons (Fsp3) is 0.500. The van der Waals surface area contributed by atoms with Crippen molar-refractivity contribution in [3.8, 4) is 0 Å². The molecule has 1 saturated heterocycles. The minimum absolute atomic E-state index is 0.0164. The van der Waals surface area contributed by atoms with Gasteiger partial charge in [0.2, 0.25) is 5.91 Å². The molecule has 98 valence electrons. The molecule has 1 aromatic rings. The number of para-hydroxylation sites is 2. The van der Waals surface area contributed by atoms with Crippen LogP contribution in [0.2, 0.25) is 0 Å². The number of benzene rings is 1. The van der Waals surface area contributed by atoms with Gasteiger partial charge in [-0.15, -0.1) is 0 Å². The van der Waals surface area contributed by atoms with Gasteiger partial charge in [-0.1, -0.05) is 19.1 Å². The number of carbonyl (C=O) groups is 1. The Morgan fingerprint density at radius 2 is 1.89 bits per heavy atom. The van der Waals surface area contributed by atoms with E-state index in [1.54, 1.807) is 6.07 Å². The number of nitrogens with two attached hydrogens (primary N) is 1. The third-order valence-electron chi connectivity index (χ3n) is 3.76. The summed E-state index contributed by atoms with van der Waals surface area (Å²) < 4.78 is 5.68. The third kappa shape index (κ3) is 2.34. The molecule has 4 heteroatoms. The lowest BCUT2D eigenvalue weighted by atomic mass is 9.89. The predicted octanol–water partition coefficient (Wildman–Crippen LogP) is 2.27. The topological polar surface area (TPSA) is 64.3 Å². The van der Waals surface area contributed by atoms with Gasteiger partial charge in [0, 0.05) is 0 Å². The van der Waals surface area contributed by atoms with Crippen LogP contribution in [0.1, 0.15) is 20.8 Å². The van der Waals surface area contributed by atoms with Gasteiger partial charge in [0.15, 0.2) is 0 Å². The van der Waals surface area contributed by atoms with Crippen LogP contribution in [0.25, 0.3) is 0 Å². The Bertz CT molecular complexity index is 447. The molecule has 4 atom stereocenters. The zero-order chi connectivity index (χ0) is 13.3. The summed E-state index contributed by atoms with van der Waals surface area (Å²) in [4.78, 5) is 12.3. The minimum atomic E-state index is -0.125. The van der Waals surface area contributed by atoms with Crippen molar-refractivity contribution >= 4 is 17.3 Å². The summed E-state index contributed by atoms with van der Waals surface area (Å²) in [5.74, 6) is 0.0711. The molecular formula is C14H20N2O2. The van der Waals surface area contributed by atoms with Gasteiger partial charge in [-0.2, -0.15) is 0 Å². The van der Waals surface area contributed by atoms with Gasteiger partial charge < -0.3 is 15.8 Å². The van der Waals surface area contributed by atoms with E-state index < -0.39 is 0 Å². The Morgan fingerprint density at radius 3 is 2.44 bits per heavy atom. The Kier molecular flexibility index (Phi) is 3.57. The molecule has 0 aliphatic carbocycles. The van der Waals surface area contributed by atoms with Crippen molar-refractivity contribution in [3.05, 3.63) is 24.3 Å². The minimum Gasteiger partial charge on any atom is -0.397 e. The monoisotopic (exact) mass is 248 g/mol. The van der Waals surface area contributed by atoms with Gasteiger partial charge in [0.1, 0.15) is 0 Å². The van der Waals surface area contributed by atoms with E-state index in [-0.39, 0.29) is 30.0 Å². The number of amides is 1. The summed E-state index contributed by atoms with van der Waals surface area (Å²) in [7, 11) is 0. The van der Waals surface area contributed by atoms with Crippen molar-refractivity contribution < 1.29 is 9.53 Å². The molecular weight excluding hydrogens is 228 g/mol. The molecule has 1 amide bonds. The highest BCUT2D eigenvalue weighted by Crippen LogP contribution is 2.33. The number of nitrogen functional groups attached to an aromatic ring is 1. The van der Waals surface area contributed by atoms with Crippen molar-refractivity contribution in [1.29, 1.82) is 0 Å². The average Bonchev–Trinajstić information content (AvgIpc) is 2.56. The summed E-state index contributed by atoms with van der Waals surface area (Å²) in [6, 6.07) is 7.28. The lowest BCUT2D eigenvalue weighted by Gasteiger charge is -2.18. The molecule has 1 aromatic carbocycles. The Morgan fingerprint density at radius 1 is 1.22 bits per heavy atom. The second kappa shape index (κ2) is 4.98. The number of hydrogen-bond acceptors (Lipinski definition) is 3. The first-order valence-electron chi connectivity index (χ1n) is 6.31. The fourth-order valence-corrected chi connectivity index (χ4v) is 2.55. The lowest BCUT2D eigenvalue weighted by molar-refractivity contribution is -0.121. The molecule has 0 spiro atoms. The van der Waals surface area contributed by atoms with Crippen molar-refractivity contribution in [2.45, 2.75) is 33.0 Å². The third-order valence-corrected chi connectivity index (χ3v) is 3.76. The van der Waals surface area contributed by atoms with E-state index in [4.69, 9.17) is 10.5 Å². The molecule has 1 fully saturated rings. The van der Waals surface area contributed by atoms with E-state index >= 15 is 0 Å². The Labute approximate surface area is 108 Å². The molecule has 0 aromatic heterocycles. The second-order valence-electron chi connectivity index (χ2n) is 5.01. The van der Waals surface area contributed by atoms with E-state index in [2.05, 4.69) is 5.32 Å². The van der Waals surface area contributed by atoms with Crippen molar-refractivity contribution in [2.75, 3.05) is 11.1 Å². The van der Waals surface area contributed by atoms with Gasteiger partial charge in [-0.3, -0.25) is 4.79 Å². The van der Waals surface area contributed by atoms with Gasteiger partial charge in [0.25, 0.3) is 0 Å². The van der Waals surface area contributed by atoms with E-state index in [0.29, 0.717) is 11.4 Å². The summed E-state index contributed by atoms with van der Waals surface area (Å²) in [6.45, 7) is 6.00. The molecule has 3 N–H and O–H groups in total. The molecule has 1 heterocycles. The molecule has 2 rings (SSSR count). The number of ether oxygens (including phenoxy) is 1. The first kappa shape index (κ1) is 12.9. The van der Waals surface area contributed by atoms with E-state index in [0.717, 1.165) is 0 Å². The predicted molar refractivity (Wildman–Crippen MR) is 72.1 cm³/mol. The number of anilines is 2. The van der Waals surface area contributed by atoms with Crippen molar-refractivity contribution in [3.63, 3.8) is 0 Å². The van der Waals surface area contributed by atoms with Crippen LogP contribution in [0.15, 0.2) is 24.3 Å². The fourth-order valence-electron chi connectivity index (χ4n) is 2.55. The maximum Gasteiger partial charge on any atom is 0.230 e. The Balaban J connectivity index is 2.11. The van der Waals surface area contributed by atoms with Crippen molar-refractivity contribution in [2.24, 2.45) is 11.8 Å². The van der Waals surface area contributed by atoms with E-state index in [1.165, 1.54) is 0 Å². The summed E-state index contributed by atoms with van der Waals surface area (Å²) in [5.41, 5.74) is 7.07. The van der Waals surface area contributed by atoms with Gasteiger partial charge in [-0.25, -0.2) is 0 Å². The van der Waals surface area contributed by atoms with Crippen LogP contribution in [0, 0.1) is 11.8 Å². The number of rotatable bonds is 2. The molecule has 18 heavy (non-hydrogen) atoms. The number of carbonyl (C=O) groups excluding carboxylic acids is 1. The SMILES string of the molecule is CC1OC(C)C(C(=O)Nc2ccccc2N)C1C. The quantitative estimate of drug-likeness (QED) is 0.789. The Hall–Kier alpha value is -1.55. The molecule has 0 bridgehead atoms. The normalized spacial score (nSPS) is 31.3. The number of hydrogen-bond donors (Lipinski definition) is 2. The van der Waals surface area contributed by atoms with Crippen LogP contribution in [-0.4, -0.2) is 18.1 Å². The van der Waals surface area contributed by atoms with Crippen LogP contribution < -0.4 is 11.1 Å². The zero-order valence-corrected chi connectivity index (χ0v) is 11.0. The maximum absolute atomic E-state index is 12.3. The molecule has 1 aliphatic rings. The van der Waals surface area contributed by atoms with Crippen LogP contribution in [0.5, 0.6) is 0 Å². The van der Waals surface area contributed by atoms with Crippen LogP contribution in [0.3, 0.4) is 0 Å². The molecule has 4 nitrogen and oxygen atoms in total. The highest BCUT2D eigenvalue weighted by Gasteiger charge is 2.41. The van der Waals surface area contributed by atoms with Gasteiger partial charge in [-0.05, 0) is 31.9 Å². The second-order valence-corrected chi connectivity index (χ2v) is 5.01. The summed E-state index contributed by atoms with van der Waals surface area (Å²) in [6.07, 6.45) is 0.0591. The van der Waals surface area contributed by atoms with Crippen LogP contribution in [-0.2, 0) is 9.53 Å². The largest absolute Gasteiger partial charge is 0.397 e. The first-order valence-corrected chi connectivity index (χ1v) is 6.31. The van der Waals surface area contributed by atoms with Crippen LogP contribution >= 0.6 is 0 Å². The molecule has 4 unspecified atom stereocenters. The lowest BCUT2D eigenvalue weighted by Crippen LogP contribution is -2.32. The smallest absolute Gasteiger partial charge is 0.230 e. The highest BCUT2D eigenvalue weighted by atomic mass is 16.5. The summed E-state index contributed by atoms with van der Waals surface area (Å²) in [5, 5.41) is 2.89.